The zero-order valence-electron chi connectivity index (χ0n) is 16.3. The molecule has 1 aromatic carbocycles. The summed E-state index contributed by atoms with van der Waals surface area (Å²) in [7, 11) is 0. The molecule has 1 aliphatic heterocycles. The first-order valence-corrected chi connectivity index (χ1v) is 9.04. The van der Waals surface area contributed by atoms with Gasteiger partial charge in [0.2, 0.25) is 11.9 Å². The van der Waals surface area contributed by atoms with Crippen molar-refractivity contribution in [3.63, 3.8) is 0 Å². The third-order valence-corrected chi connectivity index (χ3v) is 4.80. The lowest BCUT2D eigenvalue weighted by Gasteiger charge is -2.35. The quantitative estimate of drug-likeness (QED) is 0.919. The molecule has 0 saturated carbocycles. The smallest absolute Gasteiger partial charge is 0.229 e. The van der Waals surface area contributed by atoms with E-state index in [2.05, 4.69) is 48.1 Å². The van der Waals surface area contributed by atoms with Gasteiger partial charge in [-0.15, -0.1) is 0 Å². The monoisotopic (exact) mass is 353 g/mol. The predicted octanol–water partition coefficient (Wildman–Crippen LogP) is 3.12. The van der Waals surface area contributed by atoms with Crippen LogP contribution in [0.25, 0.3) is 0 Å². The molecular weight excluding hydrogens is 326 g/mol. The van der Waals surface area contributed by atoms with E-state index < -0.39 is 0 Å². The van der Waals surface area contributed by atoms with E-state index in [1.807, 2.05) is 17.9 Å². The van der Waals surface area contributed by atoms with E-state index in [1.54, 1.807) is 6.92 Å². The van der Waals surface area contributed by atoms with Crippen molar-refractivity contribution >= 4 is 23.4 Å². The second-order valence-electron chi connectivity index (χ2n) is 7.08. The molecule has 6 heteroatoms. The molecule has 1 saturated heterocycles. The number of amides is 1. The van der Waals surface area contributed by atoms with Gasteiger partial charge in [0.25, 0.3) is 0 Å². The summed E-state index contributed by atoms with van der Waals surface area (Å²) in [5.74, 6) is 1.66. The molecule has 2 heterocycles. The van der Waals surface area contributed by atoms with E-state index >= 15 is 0 Å². The van der Waals surface area contributed by atoms with Gasteiger partial charge in [-0.25, -0.2) is 4.98 Å². The highest BCUT2D eigenvalue weighted by Crippen LogP contribution is 2.26. The molecule has 0 aliphatic carbocycles. The molecule has 138 valence electrons. The van der Waals surface area contributed by atoms with Gasteiger partial charge in [0.05, 0.1) is 0 Å². The number of aryl methyl sites for hydroxylation is 4. The van der Waals surface area contributed by atoms with Crippen LogP contribution in [0.15, 0.2) is 18.2 Å². The van der Waals surface area contributed by atoms with Crippen molar-refractivity contribution in [2.24, 2.45) is 0 Å². The maximum absolute atomic E-state index is 11.5. The fraction of sp³-hybridized carbons (Fsp3) is 0.450. The van der Waals surface area contributed by atoms with Crippen LogP contribution < -0.4 is 10.2 Å². The summed E-state index contributed by atoms with van der Waals surface area (Å²) in [6.45, 7) is 13.0. The van der Waals surface area contributed by atoms with Crippen molar-refractivity contribution in [1.82, 2.24) is 14.9 Å². The molecular formula is C20H27N5O. The summed E-state index contributed by atoms with van der Waals surface area (Å²) < 4.78 is 0. The van der Waals surface area contributed by atoms with E-state index in [0.717, 1.165) is 43.4 Å². The molecule has 0 radical (unpaired) electrons. The second-order valence-corrected chi connectivity index (χ2v) is 7.08. The minimum Gasteiger partial charge on any atom is -0.353 e. The Kier molecular flexibility index (Phi) is 5.11. The fourth-order valence-corrected chi connectivity index (χ4v) is 3.51. The van der Waals surface area contributed by atoms with Gasteiger partial charge < -0.3 is 15.1 Å². The van der Waals surface area contributed by atoms with Crippen LogP contribution in [0.1, 0.15) is 29.3 Å². The summed E-state index contributed by atoms with van der Waals surface area (Å²) in [6.07, 6.45) is 0. The molecule has 0 spiro atoms. The van der Waals surface area contributed by atoms with Crippen LogP contribution in [-0.4, -0.2) is 47.0 Å². The molecule has 1 aliphatic rings. The number of rotatable bonds is 3. The number of nitrogens with one attached hydrogen (secondary N) is 1. The van der Waals surface area contributed by atoms with Crippen LogP contribution in [0.2, 0.25) is 0 Å². The molecule has 1 aromatic heterocycles. The predicted molar refractivity (Wildman–Crippen MR) is 105 cm³/mol. The highest BCUT2D eigenvalue weighted by atomic mass is 16.2. The average molecular weight is 353 g/mol. The van der Waals surface area contributed by atoms with Gasteiger partial charge in [-0.1, -0.05) is 17.7 Å². The molecule has 2 aromatic rings. The largest absolute Gasteiger partial charge is 0.353 e. The Labute approximate surface area is 155 Å². The van der Waals surface area contributed by atoms with Crippen LogP contribution in [0.4, 0.5) is 17.5 Å². The minimum atomic E-state index is 0.135. The Bertz CT molecular complexity index is 802. The Morgan fingerprint density at radius 2 is 1.58 bits per heavy atom. The van der Waals surface area contributed by atoms with Crippen LogP contribution in [0.3, 0.4) is 0 Å². The van der Waals surface area contributed by atoms with E-state index in [-0.39, 0.29) is 5.91 Å². The van der Waals surface area contributed by atoms with Gasteiger partial charge in [0.15, 0.2) is 0 Å². The van der Waals surface area contributed by atoms with Crippen molar-refractivity contribution in [3.8, 4) is 0 Å². The minimum absolute atomic E-state index is 0.135. The van der Waals surface area contributed by atoms with Crippen molar-refractivity contribution in [2.75, 3.05) is 36.4 Å². The van der Waals surface area contributed by atoms with Crippen LogP contribution in [0, 0.1) is 27.7 Å². The lowest BCUT2D eigenvalue weighted by atomic mass is 10.1. The number of benzene rings is 1. The Hall–Kier alpha value is -2.63. The zero-order valence-corrected chi connectivity index (χ0v) is 16.3. The van der Waals surface area contributed by atoms with Crippen molar-refractivity contribution < 1.29 is 4.79 Å². The topological polar surface area (TPSA) is 61.4 Å². The number of hydrogen-bond donors (Lipinski definition) is 1. The average Bonchev–Trinajstić information content (AvgIpc) is 2.57. The lowest BCUT2D eigenvalue weighted by molar-refractivity contribution is -0.129. The van der Waals surface area contributed by atoms with Crippen LogP contribution >= 0.6 is 0 Å². The molecule has 3 rings (SSSR count). The third kappa shape index (κ3) is 3.95. The molecule has 1 amide bonds. The summed E-state index contributed by atoms with van der Waals surface area (Å²) >= 11 is 0. The maximum Gasteiger partial charge on any atom is 0.229 e. The Morgan fingerprint density at radius 1 is 0.962 bits per heavy atom. The van der Waals surface area contributed by atoms with E-state index in [9.17, 15) is 4.79 Å². The maximum atomic E-state index is 11.5. The number of aromatic nitrogens is 2. The van der Waals surface area contributed by atoms with Gasteiger partial charge in [0, 0.05) is 50.6 Å². The summed E-state index contributed by atoms with van der Waals surface area (Å²) in [4.78, 5) is 24.9. The molecule has 0 bridgehead atoms. The standard InChI is InChI=1S/C20H27N5O/c1-13-10-14(2)19(15(3)11-13)23-20-21-16(4)12-18(22-20)25-8-6-24(7-9-25)17(5)26/h10-12H,6-9H2,1-5H3,(H,21,22,23). The number of hydrogen-bond acceptors (Lipinski definition) is 5. The molecule has 6 nitrogen and oxygen atoms in total. The SMILES string of the molecule is CC(=O)N1CCN(c2cc(C)nc(Nc3c(C)cc(C)cc3C)n2)CC1. The van der Waals surface area contributed by atoms with Gasteiger partial charge in [0.1, 0.15) is 5.82 Å². The second kappa shape index (κ2) is 7.32. The highest BCUT2D eigenvalue weighted by molar-refractivity contribution is 5.73. The first kappa shape index (κ1) is 18.2. The third-order valence-electron chi connectivity index (χ3n) is 4.80. The summed E-state index contributed by atoms with van der Waals surface area (Å²) in [5.41, 5.74) is 5.61. The normalized spacial score (nSPS) is 14.5. The highest BCUT2D eigenvalue weighted by Gasteiger charge is 2.20. The summed E-state index contributed by atoms with van der Waals surface area (Å²) in [5, 5.41) is 3.40. The first-order valence-electron chi connectivity index (χ1n) is 9.04. The van der Waals surface area contributed by atoms with Crippen molar-refractivity contribution in [3.05, 3.63) is 40.6 Å². The number of anilines is 3. The molecule has 0 atom stereocenters. The van der Waals surface area contributed by atoms with Gasteiger partial charge in [-0.05, 0) is 38.8 Å². The van der Waals surface area contributed by atoms with Gasteiger partial charge >= 0.3 is 0 Å². The fourth-order valence-electron chi connectivity index (χ4n) is 3.51. The lowest BCUT2D eigenvalue weighted by Crippen LogP contribution is -2.48. The van der Waals surface area contributed by atoms with Crippen molar-refractivity contribution in [2.45, 2.75) is 34.6 Å². The van der Waals surface area contributed by atoms with E-state index in [4.69, 9.17) is 4.98 Å². The van der Waals surface area contributed by atoms with Crippen molar-refractivity contribution in [1.29, 1.82) is 0 Å². The van der Waals surface area contributed by atoms with Crippen LogP contribution in [0.5, 0.6) is 0 Å². The number of piperazine rings is 1. The number of carbonyl (C=O) groups excluding carboxylic acids is 1. The molecule has 26 heavy (non-hydrogen) atoms. The molecule has 1 fully saturated rings. The summed E-state index contributed by atoms with van der Waals surface area (Å²) in [6, 6.07) is 6.32. The Morgan fingerprint density at radius 3 is 2.15 bits per heavy atom. The van der Waals surface area contributed by atoms with Gasteiger partial charge in [-0.3, -0.25) is 4.79 Å². The number of carbonyl (C=O) groups is 1. The number of nitrogens with zero attached hydrogens (tertiary/aromatic N) is 4. The molecule has 1 N–H and O–H groups in total. The van der Waals surface area contributed by atoms with E-state index in [1.165, 1.54) is 16.7 Å². The first-order chi connectivity index (χ1) is 12.3. The Balaban J connectivity index is 1.82. The van der Waals surface area contributed by atoms with E-state index in [0.29, 0.717) is 5.95 Å². The van der Waals surface area contributed by atoms with Gasteiger partial charge in [-0.2, -0.15) is 4.98 Å². The molecule has 0 unspecified atom stereocenters. The van der Waals surface area contributed by atoms with Crippen LogP contribution in [-0.2, 0) is 4.79 Å². The zero-order chi connectivity index (χ0) is 18.8.